The molecule has 0 aromatic carbocycles. The van der Waals surface area contributed by atoms with Gasteiger partial charge in [-0.15, -0.1) is 11.3 Å². The number of hydrogen-bond acceptors (Lipinski definition) is 6. The zero-order valence-corrected chi connectivity index (χ0v) is 19.2. The second-order valence-electron chi connectivity index (χ2n) is 8.50. The summed E-state index contributed by atoms with van der Waals surface area (Å²) in [5.74, 6) is 0.511. The number of fused-ring (bicyclic) bond motifs is 2. The second kappa shape index (κ2) is 8.86. The van der Waals surface area contributed by atoms with Crippen LogP contribution in [-0.4, -0.2) is 32.2 Å². The minimum Gasteiger partial charge on any atom is -0.463 e. The Morgan fingerprint density at radius 1 is 1.28 bits per heavy atom. The molecule has 0 atom stereocenters. The van der Waals surface area contributed by atoms with Gasteiger partial charge in [0.25, 0.3) is 5.91 Å². The van der Waals surface area contributed by atoms with E-state index in [-0.39, 0.29) is 11.9 Å². The number of hydrogen-bond donors (Lipinski definition) is 1. The van der Waals surface area contributed by atoms with E-state index in [9.17, 15) is 4.79 Å². The molecule has 8 heteroatoms. The molecule has 0 aliphatic heterocycles. The number of carbonyl (C=O) groups is 1. The minimum atomic E-state index is -0.119. The predicted octanol–water partition coefficient (Wildman–Crippen LogP) is 4.97. The molecule has 4 heterocycles. The fourth-order valence-corrected chi connectivity index (χ4v) is 5.38. The number of aromatic nitrogens is 4. The van der Waals surface area contributed by atoms with Crippen molar-refractivity contribution in [3.63, 3.8) is 0 Å². The van der Waals surface area contributed by atoms with E-state index in [0.29, 0.717) is 29.2 Å². The minimum absolute atomic E-state index is 0.119. The fourth-order valence-electron chi connectivity index (χ4n) is 4.18. The molecular weight excluding hydrogens is 422 g/mol. The molecule has 166 valence electrons. The SMILES string of the molecule is CC(C)n1ncc2c(C(=O)NCCCc3nc4c(s3)CCCC4)cc(-c3ccco3)nc21. The third-order valence-electron chi connectivity index (χ3n) is 5.82. The van der Waals surface area contributed by atoms with Crippen molar-refractivity contribution in [2.75, 3.05) is 6.54 Å². The third kappa shape index (κ3) is 4.07. The number of amides is 1. The summed E-state index contributed by atoms with van der Waals surface area (Å²) in [6, 6.07) is 5.58. The molecule has 0 spiro atoms. The number of carbonyl (C=O) groups excluding carboxylic acids is 1. The normalized spacial score (nSPS) is 13.6. The fraction of sp³-hybridized carbons (Fsp3) is 0.417. The summed E-state index contributed by atoms with van der Waals surface area (Å²) >= 11 is 1.84. The number of nitrogens with zero attached hydrogens (tertiary/aromatic N) is 4. The van der Waals surface area contributed by atoms with Gasteiger partial charge in [-0.2, -0.15) is 5.10 Å². The molecule has 0 radical (unpaired) electrons. The Bertz CT molecular complexity index is 1220. The van der Waals surface area contributed by atoms with Crippen LogP contribution < -0.4 is 5.32 Å². The molecule has 1 N–H and O–H groups in total. The maximum atomic E-state index is 13.1. The number of furan rings is 1. The van der Waals surface area contributed by atoms with E-state index in [4.69, 9.17) is 14.4 Å². The monoisotopic (exact) mass is 449 g/mol. The van der Waals surface area contributed by atoms with Crippen LogP contribution in [0.15, 0.2) is 35.1 Å². The first-order chi connectivity index (χ1) is 15.6. The van der Waals surface area contributed by atoms with Crippen molar-refractivity contribution in [3.05, 3.63) is 51.8 Å². The summed E-state index contributed by atoms with van der Waals surface area (Å²) in [7, 11) is 0. The maximum absolute atomic E-state index is 13.1. The molecule has 32 heavy (non-hydrogen) atoms. The van der Waals surface area contributed by atoms with Crippen LogP contribution in [0.4, 0.5) is 0 Å². The van der Waals surface area contributed by atoms with Crippen LogP contribution in [0.2, 0.25) is 0 Å². The molecule has 0 fully saturated rings. The number of rotatable bonds is 7. The Kier molecular flexibility index (Phi) is 5.78. The van der Waals surface area contributed by atoms with Gasteiger partial charge in [0.05, 0.1) is 34.1 Å². The van der Waals surface area contributed by atoms with Crippen molar-refractivity contribution < 1.29 is 9.21 Å². The summed E-state index contributed by atoms with van der Waals surface area (Å²) in [5, 5.41) is 9.48. The molecule has 5 rings (SSSR count). The summed E-state index contributed by atoms with van der Waals surface area (Å²) < 4.78 is 7.37. The van der Waals surface area contributed by atoms with Crippen molar-refractivity contribution >= 4 is 28.3 Å². The highest BCUT2D eigenvalue weighted by molar-refractivity contribution is 7.11. The van der Waals surface area contributed by atoms with Crippen molar-refractivity contribution in [2.24, 2.45) is 0 Å². The standard InChI is InChI=1S/C24H27N5O2S/c1-15(2)29-23-17(14-26-29)16(13-19(28-23)20-8-6-12-31-20)24(30)25-11-5-10-22-27-18-7-3-4-9-21(18)32-22/h6,8,12-15H,3-5,7,9-11H2,1-2H3,(H,25,30). The third-order valence-corrected chi connectivity index (χ3v) is 7.03. The van der Waals surface area contributed by atoms with E-state index in [2.05, 4.69) is 10.4 Å². The van der Waals surface area contributed by atoms with Gasteiger partial charge >= 0.3 is 0 Å². The molecule has 4 aromatic heterocycles. The largest absolute Gasteiger partial charge is 0.463 e. The van der Waals surface area contributed by atoms with Crippen LogP contribution >= 0.6 is 11.3 Å². The molecule has 1 aliphatic carbocycles. The second-order valence-corrected chi connectivity index (χ2v) is 9.66. The lowest BCUT2D eigenvalue weighted by Gasteiger charge is -2.10. The summed E-state index contributed by atoms with van der Waals surface area (Å²) in [6.45, 7) is 4.69. The highest BCUT2D eigenvalue weighted by atomic mass is 32.1. The smallest absolute Gasteiger partial charge is 0.252 e. The Morgan fingerprint density at radius 2 is 2.16 bits per heavy atom. The van der Waals surface area contributed by atoms with Crippen LogP contribution in [0.5, 0.6) is 0 Å². The van der Waals surface area contributed by atoms with Gasteiger partial charge in [-0.05, 0) is 64.2 Å². The quantitative estimate of drug-likeness (QED) is 0.403. The zero-order valence-electron chi connectivity index (χ0n) is 18.4. The predicted molar refractivity (Wildman–Crippen MR) is 125 cm³/mol. The lowest BCUT2D eigenvalue weighted by Crippen LogP contribution is -2.25. The van der Waals surface area contributed by atoms with E-state index in [0.717, 1.165) is 24.6 Å². The Balaban J connectivity index is 1.32. The zero-order chi connectivity index (χ0) is 22.1. The van der Waals surface area contributed by atoms with E-state index in [1.165, 1.54) is 34.8 Å². The van der Waals surface area contributed by atoms with E-state index < -0.39 is 0 Å². The van der Waals surface area contributed by atoms with Crippen LogP contribution in [0.25, 0.3) is 22.5 Å². The molecule has 0 unspecified atom stereocenters. The molecule has 4 aromatic rings. The van der Waals surface area contributed by atoms with Gasteiger partial charge in [0.2, 0.25) is 0 Å². The van der Waals surface area contributed by atoms with Crippen LogP contribution in [0.1, 0.15) is 65.1 Å². The van der Waals surface area contributed by atoms with E-state index in [1.807, 2.05) is 42.0 Å². The Morgan fingerprint density at radius 3 is 2.94 bits per heavy atom. The average Bonchev–Trinajstić information content (AvgIpc) is 3.54. The lowest BCUT2D eigenvalue weighted by molar-refractivity contribution is 0.0955. The van der Waals surface area contributed by atoms with Gasteiger partial charge in [0, 0.05) is 23.9 Å². The molecule has 0 saturated heterocycles. The molecular formula is C24H27N5O2S. The topological polar surface area (TPSA) is 85.8 Å². The average molecular weight is 450 g/mol. The molecule has 1 aliphatic rings. The molecule has 7 nitrogen and oxygen atoms in total. The van der Waals surface area contributed by atoms with Crippen molar-refractivity contribution in [3.8, 4) is 11.5 Å². The van der Waals surface area contributed by atoms with Gasteiger partial charge in [0.15, 0.2) is 11.4 Å². The van der Waals surface area contributed by atoms with Crippen molar-refractivity contribution in [1.29, 1.82) is 0 Å². The van der Waals surface area contributed by atoms with Gasteiger partial charge in [0.1, 0.15) is 5.69 Å². The van der Waals surface area contributed by atoms with Crippen molar-refractivity contribution in [1.82, 2.24) is 25.1 Å². The van der Waals surface area contributed by atoms with Crippen LogP contribution in [0.3, 0.4) is 0 Å². The van der Waals surface area contributed by atoms with Gasteiger partial charge in [-0.3, -0.25) is 4.79 Å². The van der Waals surface area contributed by atoms with Gasteiger partial charge in [-0.1, -0.05) is 0 Å². The highest BCUT2D eigenvalue weighted by Gasteiger charge is 2.19. The van der Waals surface area contributed by atoms with Crippen molar-refractivity contribution in [2.45, 2.75) is 58.4 Å². The lowest BCUT2D eigenvalue weighted by atomic mass is 10.0. The van der Waals surface area contributed by atoms with E-state index >= 15 is 0 Å². The van der Waals surface area contributed by atoms with Gasteiger partial charge < -0.3 is 9.73 Å². The van der Waals surface area contributed by atoms with E-state index in [1.54, 1.807) is 18.5 Å². The number of pyridine rings is 1. The summed E-state index contributed by atoms with van der Waals surface area (Å²) in [6.07, 6.45) is 9.90. The summed E-state index contributed by atoms with van der Waals surface area (Å²) in [5.41, 5.74) is 3.18. The first-order valence-corrected chi connectivity index (χ1v) is 12.1. The van der Waals surface area contributed by atoms with Crippen LogP contribution in [-0.2, 0) is 19.3 Å². The molecule has 0 bridgehead atoms. The number of nitrogens with one attached hydrogen (secondary N) is 1. The Labute approximate surface area is 190 Å². The maximum Gasteiger partial charge on any atom is 0.252 e. The number of thiazole rings is 1. The van der Waals surface area contributed by atoms with Crippen LogP contribution in [0, 0.1) is 0 Å². The Hall–Kier alpha value is -3.00. The first-order valence-electron chi connectivity index (χ1n) is 11.3. The molecule has 0 saturated carbocycles. The highest BCUT2D eigenvalue weighted by Crippen LogP contribution is 2.28. The first kappa shape index (κ1) is 20.9. The summed E-state index contributed by atoms with van der Waals surface area (Å²) in [4.78, 5) is 24.1. The van der Waals surface area contributed by atoms with Gasteiger partial charge in [-0.25, -0.2) is 14.6 Å². The number of aryl methyl sites for hydroxylation is 3. The molecule has 1 amide bonds.